The van der Waals surface area contributed by atoms with Crippen LogP contribution in [0.1, 0.15) is 22.3 Å². The third-order valence-corrected chi connectivity index (χ3v) is 3.95. The van der Waals surface area contributed by atoms with Gasteiger partial charge >= 0.3 is 0 Å². The lowest BCUT2D eigenvalue weighted by molar-refractivity contribution is -0.116. The first-order chi connectivity index (χ1) is 12.0. The number of imidazole rings is 1. The normalized spacial score (nSPS) is 10.6. The van der Waals surface area contributed by atoms with Crippen LogP contribution in [0.2, 0.25) is 5.28 Å². The van der Waals surface area contributed by atoms with E-state index in [1.807, 2.05) is 31.2 Å². The second-order valence-corrected chi connectivity index (χ2v) is 5.99. The summed E-state index contributed by atoms with van der Waals surface area (Å²) < 4.78 is 0. The molecular formula is C18H17ClN4O2. The number of aromatic amines is 1. The quantitative estimate of drug-likeness (QED) is 0.655. The maximum atomic E-state index is 12.2. The smallest absolute Gasteiger partial charge is 0.251 e. The van der Waals surface area contributed by atoms with Crippen molar-refractivity contribution in [3.8, 4) is 0 Å². The van der Waals surface area contributed by atoms with Crippen molar-refractivity contribution >= 4 is 40.1 Å². The summed E-state index contributed by atoms with van der Waals surface area (Å²) in [6, 6.07) is 12.6. The molecule has 3 rings (SSSR count). The average molecular weight is 357 g/mol. The fourth-order valence-electron chi connectivity index (χ4n) is 2.44. The highest BCUT2D eigenvalue weighted by atomic mass is 35.5. The summed E-state index contributed by atoms with van der Waals surface area (Å²) >= 11 is 5.80. The number of carbonyl (C=O) groups is 2. The van der Waals surface area contributed by atoms with Gasteiger partial charge in [-0.3, -0.25) is 9.59 Å². The van der Waals surface area contributed by atoms with Crippen LogP contribution in [-0.2, 0) is 4.79 Å². The lowest BCUT2D eigenvalue weighted by Crippen LogP contribution is -2.27. The molecule has 0 aliphatic heterocycles. The molecule has 1 heterocycles. The van der Waals surface area contributed by atoms with Gasteiger partial charge in [-0.2, -0.15) is 0 Å². The molecule has 0 aliphatic carbocycles. The Hall–Kier alpha value is -2.86. The molecule has 7 heteroatoms. The maximum Gasteiger partial charge on any atom is 0.251 e. The monoisotopic (exact) mass is 356 g/mol. The average Bonchev–Trinajstić information content (AvgIpc) is 2.96. The van der Waals surface area contributed by atoms with Crippen molar-refractivity contribution in [1.29, 1.82) is 0 Å². The number of H-pyrrole nitrogens is 1. The number of amides is 2. The molecule has 0 fully saturated rings. The van der Waals surface area contributed by atoms with Gasteiger partial charge in [0.25, 0.3) is 5.91 Å². The van der Waals surface area contributed by atoms with E-state index < -0.39 is 0 Å². The number of para-hydroxylation sites is 1. The van der Waals surface area contributed by atoms with Gasteiger partial charge < -0.3 is 15.6 Å². The molecule has 3 N–H and O–H groups in total. The largest absolute Gasteiger partial charge is 0.352 e. The van der Waals surface area contributed by atoms with Crippen LogP contribution in [0.15, 0.2) is 42.5 Å². The van der Waals surface area contributed by atoms with Crippen molar-refractivity contribution in [3.05, 3.63) is 58.9 Å². The highest BCUT2D eigenvalue weighted by Gasteiger charge is 2.10. The SMILES string of the molecule is Cc1ccccc1NC(=O)CCNC(=O)c1ccc2nc(Cl)[nH]c2c1. The molecule has 1 aromatic heterocycles. The Morgan fingerprint density at radius 2 is 2.00 bits per heavy atom. The number of hydrogen-bond acceptors (Lipinski definition) is 3. The van der Waals surface area contributed by atoms with Crippen molar-refractivity contribution < 1.29 is 9.59 Å². The Bertz CT molecular complexity index is 936. The molecule has 6 nitrogen and oxygen atoms in total. The van der Waals surface area contributed by atoms with Gasteiger partial charge in [0.05, 0.1) is 11.0 Å². The molecule has 0 saturated heterocycles. The third kappa shape index (κ3) is 4.16. The van der Waals surface area contributed by atoms with E-state index in [0.29, 0.717) is 16.6 Å². The molecule has 0 saturated carbocycles. The van der Waals surface area contributed by atoms with Crippen LogP contribution < -0.4 is 10.6 Å². The van der Waals surface area contributed by atoms with Gasteiger partial charge in [-0.1, -0.05) is 18.2 Å². The molecule has 2 amide bonds. The zero-order valence-corrected chi connectivity index (χ0v) is 14.4. The molecular weight excluding hydrogens is 340 g/mol. The summed E-state index contributed by atoms with van der Waals surface area (Å²) in [5, 5.41) is 5.85. The first kappa shape index (κ1) is 17.0. The number of aromatic nitrogens is 2. The molecule has 3 aromatic rings. The first-order valence-corrected chi connectivity index (χ1v) is 8.19. The van der Waals surface area contributed by atoms with Crippen molar-refractivity contribution in [3.63, 3.8) is 0 Å². The second kappa shape index (κ2) is 7.36. The number of carbonyl (C=O) groups excluding carboxylic acids is 2. The molecule has 25 heavy (non-hydrogen) atoms. The minimum atomic E-state index is -0.253. The van der Waals surface area contributed by atoms with Crippen molar-refractivity contribution in [2.75, 3.05) is 11.9 Å². The Labute approximate surface area is 149 Å². The molecule has 0 radical (unpaired) electrons. The lowest BCUT2D eigenvalue weighted by Gasteiger charge is -2.09. The number of aryl methyl sites for hydroxylation is 1. The Balaban J connectivity index is 1.53. The summed E-state index contributed by atoms with van der Waals surface area (Å²) in [5.74, 6) is -0.401. The summed E-state index contributed by atoms with van der Waals surface area (Å²) in [6.07, 6.45) is 0.193. The topological polar surface area (TPSA) is 86.9 Å². The van der Waals surface area contributed by atoms with Crippen LogP contribution in [-0.4, -0.2) is 28.3 Å². The van der Waals surface area contributed by atoms with Gasteiger partial charge in [0, 0.05) is 24.2 Å². The maximum absolute atomic E-state index is 12.2. The Morgan fingerprint density at radius 1 is 1.20 bits per heavy atom. The molecule has 0 aliphatic rings. The number of halogens is 1. The molecule has 0 atom stereocenters. The van der Waals surface area contributed by atoms with Gasteiger partial charge in [-0.25, -0.2) is 4.98 Å². The van der Waals surface area contributed by atoms with E-state index in [9.17, 15) is 9.59 Å². The van der Waals surface area contributed by atoms with Gasteiger partial charge in [0.15, 0.2) is 0 Å². The molecule has 128 valence electrons. The fourth-order valence-corrected chi connectivity index (χ4v) is 2.63. The highest BCUT2D eigenvalue weighted by Crippen LogP contribution is 2.16. The van der Waals surface area contributed by atoms with Gasteiger partial charge in [-0.05, 0) is 48.4 Å². The molecule has 0 spiro atoms. The molecule has 0 bridgehead atoms. The van der Waals surface area contributed by atoms with Crippen molar-refractivity contribution in [2.45, 2.75) is 13.3 Å². The minimum absolute atomic E-state index is 0.148. The van der Waals surface area contributed by atoms with Crippen molar-refractivity contribution in [1.82, 2.24) is 15.3 Å². The Kier molecular flexibility index (Phi) is 5.00. The number of hydrogen-bond donors (Lipinski definition) is 3. The number of nitrogens with one attached hydrogen (secondary N) is 3. The lowest BCUT2D eigenvalue weighted by atomic mass is 10.2. The van der Waals surface area contributed by atoms with Crippen LogP contribution in [0.25, 0.3) is 11.0 Å². The van der Waals surface area contributed by atoms with Crippen molar-refractivity contribution in [2.24, 2.45) is 0 Å². The predicted octanol–water partition coefficient (Wildman–Crippen LogP) is 3.28. The Morgan fingerprint density at radius 3 is 2.80 bits per heavy atom. The van der Waals surface area contributed by atoms with Gasteiger partial charge in [0.2, 0.25) is 11.2 Å². The van der Waals surface area contributed by atoms with E-state index in [0.717, 1.165) is 11.3 Å². The summed E-state index contributed by atoms with van der Waals surface area (Å²) in [6.45, 7) is 2.17. The van der Waals surface area contributed by atoms with Gasteiger partial charge in [0.1, 0.15) is 0 Å². The summed E-state index contributed by atoms with van der Waals surface area (Å²) in [7, 11) is 0. The molecule has 0 unspecified atom stereocenters. The number of fused-ring (bicyclic) bond motifs is 1. The van der Waals surface area contributed by atoms with Crippen LogP contribution in [0.5, 0.6) is 0 Å². The number of anilines is 1. The number of nitrogens with zero attached hydrogens (tertiary/aromatic N) is 1. The molecule has 2 aromatic carbocycles. The first-order valence-electron chi connectivity index (χ1n) is 7.82. The highest BCUT2D eigenvalue weighted by molar-refractivity contribution is 6.29. The van der Waals surface area contributed by atoms with E-state index >= 15 is 0 Å². The van der Waals surface area contributed by atoms with E-state index in [2.05, 4.69) is 20.6 Å². The standard InChI is InChI=1S/C18H17ClN4O2/c1-11-4-2-3-5-13(11)21-16(24)8-9-20-17(25)12-6-7-14-15(10-12)23-18(19)22-14/h2-7,10H,8-9H2,1H3,(H,20,25)(H,21,24)(H,22,23). The zero-order chi connectivity index (χ0) is 17.8. The predicted molar refractivity (Wildman–Crippen MR) is 97.9 cm³/mol. The summed E-state index contributed by atoms with van der Waals surface area (Å²) in [4.78, 5) is 31.1. The van der Waals surface area contributed by atoms with Crippen LogP contribution in [0.4, 0.5) is 5.69 Å². The van der Waals surface area contributed by atoms with Crippen LogP contribution in [0.3, 0.4) is 0 Å². The van der Waals surface area contributed by atoms with Gasteiger partial charge in [-0.15, -0.1) is 0 Å². The number of rotatable bonds is 5. The minimum Gasteiger partial charge on any atom is -0.352 e. The second-order valence-electron chi connectivity index (χ2n) is 5.63. The van der Waals surface area contributed by atoms with Crippen LogP contribution >= 0.6 is 11.6 Å². The third-order valence-electron chi connectivity index (χ3n) is 3.77. The van der Waals surface area contributed by atoms with E-state index in [4.69, 9.17) is 11.6 Å². The van der Waals surface area contributed by atoms with E-state index in [1.165, 1.54) is 0 Å². The summed E-state index contributed by atoms with van der Waals surface area (Å²) in [5.41, 5.74) is 3.63. The fraction of sp³-hybridized carbons (Fsp3) is 0.167. The zero-order valence-electron chi connectivity index (χ0n) is 13.6. The van der Waals surface area contributed by atoms with E-state index in [-0.39, 0.29) is 30.1 Å². The van der Waals surface area contributed by atoms with E-state index in [1.54, 1.807) is 18.2 Å². The van der Waals surface area contributed by atoms with Crippen LogP contribution in [0, 0.1) is 6.92 Å². The number of benzene rings is 2.